The zero-order valence-corrected chi connectivity index (χ0v) is 22.3. The van der Waals surface area contributed by atoms with Crippen LogP contribution in [0.25, 0.3) is 33.8 Å². The molecule has 3 aromatic rings. The fourth-order valence-electron chi connectivity index (χ4n) is 5.17. The molecule has 0 bridgehead atoms. The number of aliphatic hydroxyl groups excluding tert-OH is 1. The van der Waals surface area contributed by atoms with Crippen molar-refractivity contribution in [1.82, 2.24) is 29.1 Å². The Bertz CT molecular complexity index is 1650. The van der Waals surface area contributed by atoms with Gasteiger partial charge in [0, 0.05) is 37.1 Å². The van der Waals surface area contributed by atoms with Gasteiger partial charge in [0.1, 0.15) is 24.2 Å². The van der Waals surface area contributed by atoms with E-state index < -0.39 is 24.8 Å². The van der Waals surface area contributed by atoms with Gasteiger partial charge in [-0.05, 0) is 17.7 Å². The molecular formula is C28H26F4N6O4. The Morgan fingerprint density at radius 2 is 1.86 bits per heavy atom. The average Bonchev–Trinajstić information content (AvgIpc) is 3.64. The highest BCUT2D eigenvalue weighted by molar-refractivity contribution is 5.97. The second kappa shape index (κ2) is 11.4. The Morgan fingerprint density at radius 3 is 2.60 bits per heavy atom. The Morgan fingerprint density at radius 1 is 1.05 bits per heavy atom. The van der Waals surface area contributed by atoms with E-state index in [-0.39, 0.29) is 60.5 Å². The van der Waals surface area contributed by atoms with E-state index in [9.17, 15) is 17.6 Å². The van der Waals surface area contributed by atoms with Crippen molar-refractivity contribution in [3.05, 3.63) is 66.1 Å². The van der Waals surface area contributed by atoms with E-state index in [1.165, 1.54) is 22.6 Å². The van der Waals surface area contributed by atoms with Crippen molar-refractivity contribution >= 4 is 0 Å². The molecule has 0 radical (unpaired) electrons. The fraction of sp³-hybridized carbons (Fsp3) is 0.321. The summed E-state index contributed by atoms with van der Waals surface area (Å²) in [5.41, 5.74) is 1.33. The van der Waals surface area contributed by atoms with Gasteiger partial charge in [0.2, 0.25) is 11.8 Å². The Labute approximate surface area is 237 Å². The number of pyridine rings is 1. The highest BCUT2D eigenvalue weighted by Crippen LogP contribution is 2.49. The molecule has 10 nitrogen and oxygen atoms in total. The van der Waals surface area contributed by atoms with Gasteiger partial charge in [-0.15, -0.1) is 5.10 Å². The molecule has 0 fully saturated rings. The molecule has 6 rings (SSSR count). The molecule has 0 saturated heterocycles. The lowest BCUT2D eigenvalue weighted by Crippen LogP contribution is -2.33. The third kappa shape index (κ3) is 5.18. The van der Waals surface area contributed by atoms with Crippen molar-refractivity contribution in [2.75, 3.05) is 19.8 Å². The van der Waals surface area contributed by atoms with E-state index in [0.717, 1.165) is 5.56 Å². The van der Waals surface area contributed by atoms with Crippen molar-refractivity contribution in [2.24, 2.45) is 7.05 Å². The predicted octanol–water partition coefficient (Wildman–Crippen LogP) is 4.61. The maximum absolute atomic E-state index is 14.5. The molecule has 2 aromatic heterocycles. The first-order chi connectivity index (χ1) is 20.3. The summed E-state index contributed by atoms with van der Waals surface area (Å²) in [7, 11) is 1.54. The zero-order valence-electron chi connectivity index (χ0n) is 22.3. The van der Waals surface area contributed by atoms with Crippen LogP contribution in [0.2, 0.25) is 0 Å². The molecular weight excluding hydrogens is 560 g/mol. The molecule has 220 valence electrons. The van der Waals surface area contributed by atoms with E-state index in [1.54, 1.807) is 18.3 Å². The van der Waals surface area contributed by atoms with Crippen LogP contribution in [0.15, 0.2) is 54.9 Å². The van der Waals surface area contributed by atoms with Gasteiger partial charge in [-0.1, -0.05) is 30.3 Å². The number of benzene rings is 1. The first-order valence-corrected chi connectivity index (χ1v) is 13.1. The molecule has 14 heteroatoms. The molecule has 0 amide bonds. The van der Waals surface area contributed by atoms with E-state index in [0.29, 0.717) is 17.9 Å². The largest absolute Gasteiger partial charge is 0.474 e. The SMILES string of the molecule is Cn1cc(-c2c3cccn(Cc4ccccc4)c-3nc2-c2c(C(F)F)nn3c2OC[C@@H](OCCO)C3)c(OC(F)F)n1. The quantitative estimate of drug-likeness (QED) is 0.239. The van der Waals surface area contributed by atoms with Gasteiger partial charge in [0.05, 0.1) is 36.6 Å². The van der Waals surface area contributed by atoms with Crippen LogP contribution in [0, 0.1) is 0 Å². The first kappa shape index (κ1) is 27.7. The van der Waals surface area contributed by atoms with Gasteiger partial charge in [0.25, 0.3) is 6.43 Å². The van der Waals surface area contributed by atoms with Gasteiger partial charge in [-0.25, -0.2) is 18.4 Å². The topological polar surface area (TPSA) is 101 Å². The maximum atomic E-state index is 14.5. The Hall–Kier alpha value is -4.43. The minimum absolute atomic E-state index is 0.0254. The van der Waals surface area contributed by atoms with E-state index in [2.05, 4.69) is 10.2 Å². The van der Waals surface area contributed by atoms with Crippen LogP contribution in [-0.4, -0.2) is 66.8 Å². The van der Waals surface area contributed by atoms with Crippen LogP contribution in [-0.2, 0) is 24.9 Å². The summed E-state index contributed by atoms with van der Waals surface area (Å²) in [6, 6.07) is 13.1. The highest BCUT2D eigenvalue weighted by atomic mass is 19.3. The second-order valence-electron chi connectivity index (χ2n) is 9.67. The zero-order chi connectivity index (χ0) is 29.4. The molecule has 0 aliphatic carbocycles. The van der Waals surface area contributed by atoms with E-state index in [4.69, 9.17) is 24.3 Å². The van der Waals surface area contributed by atoms with Crippen molar-refractivity contribution in [2.45, 2.75) is 32.2 Å². The Kier molecular flexibility index (Phi) is 7.56. The molecule has 1 N–H and O–H groups in total. The number of alkyl halides is 4. The van der Waals surface area contributed by atoms with Crippen LogP contribution >= 0.6 is 0 Å². The number of aliphatic hydroxyl groups is 1. The average molecular weight is 587 g/mol. The minimum Gasteiger partial charge on any atom is -0.474 e. The molecule has 42 heavy (non-hydrogen) atoms. The normalized spacial score (nSPS) is 15.0. The van der Waals surface area contributed by atoms with Crippen molar-refractivity contribution < 1.29 is 36.9 Å². The third-order valence-electron chi connectivity index (χ3n) is 6.83. The Balaban J connectivity index is 1.57. The summed E-state index contributed by atoms with van der Waals surface area (Å²) in [4.78, 5) is 4.83. The molecule has 0 saturated carbocycles. The number of hydrogen-bond acceptors (Lipinski definition) is 7. The van der Waals surface area contributed by atoms with Crippen LogP contribution in [0.3, 0.4) is 0 Å². The lowest BCUT2D eigenvalue weighted by atomic mass is 9.98. The maximum Gasteiger partial charge on any atom is 0.388 e. The van der Waals surface area contributed by atoms with Crippen molar-refractivity contribution in [3.8, 4) is 45.5 Å². The number of fused-ring (bicyclic) bond motifs is 2. The van der Waals surface area contributed by atoms with E-state index >= 15 is 0 Å². The predicted molar refractivity (Wildman–Crippen MR) is 142 cm³/mol. The van der Waals surface area contributed by atoms with Crippen LogP contribution in [0.1, 0.15) is 17.7 Å². The molecule has 0 unspecified atom stereocenters. The van der Waals surface area contributed by atoms with Crippen molar-refractivity contribution in [1.29, 1.82) is 0 Å². The number of ether oxygens (including phenoxy) is 3. The highest BCUT2D eigenvalue weighted by Gasteiger charge is 2.37. The summed E-state index contributed by atoms with van der Waals surface area (Å²) >= 11 is 0. The lowest BCUT2D eigenvalue weighted by molar-refractivity contribution is -0.0527. The van der Waals surface area contributed by atoms with E-state index in [1.807, 2.05) is 34.9 Å². The number of aryl methyl sites for hydroxylation is 1. The number of nitrogens with zero attached hydrogens (tertiary/aromatic N) is 6. The second-order valence-corrected chi connectivity index (χ2v) is 9.67. The third-order valence-corrected chi connectivity index (χ3v) is 6.83. The molecule has 1 atom stereocenters. The monoisotopic (exact) mass is 586 g/mol. The lowest BCUT2D eigenvalue weighted by Gasteiger charge is -2.24. The smallest absolute Gasteiger partial charge is 0.388 e. The summed E-state index contributed by atoms with van der Waals surface area (Å²) in [6.45, 7) is -2.79. The molecule has 0 spiro atoms. The molecule has 3 aliphatic rings. The number of rotatable bonds is 10. The standard InChI is InChI=1S/C28H26F4N6O4/c1-36-14-19(26(35-36)42-28(31)32)20-18-8-5-9-37(12-16-6-3-2-4-7-16)25(18)33-22(20)21-23(24(29)30)34-38-13-17(40-11-10-39)15-41-27(21)38/h2-9,14,17,24,28,39H,10-13,15H2,1H3/t17-/m0/s1. The summed E-state index contributed by atoms with van der Waals surface area (Å²) in [6.07, 6.45) is -0.250. The number of halogens is 4. The van der Waals surface area contributed by atoms with Crippen LogP contribution in [0.4, 0.5) is 17.6 Å². The summed E-state index contributed by atoms with van der Waals surface area (Å²) in [5, 5.41) is 17.3. The van der Waals surface area contributed by atoms with Gasteiger partial charge < -0.3 is 23.9 Å². The van der Waals surface area contributed by atoms with Crippen LogP contribution < -0.4 is 9.47 Å². The fourth-order valence-corrected chi connectivity index (χ4v) is 5.17. The molecule has 1 aromatic carbocycles. The number of aromatic nitrogens is 6. The summed E-state index contributed by atoms with van der Waals surface area (Å²) in [5.74, 6) is 0.103. The van der Waals surface area contributed by atoms with Gasteiger partial charge in [-0.2, -0.15) is 13.9 Å². The van der Waals surface area contributed by atoms with Crippen molar-refractivity contribution in [3.63, 3.8) is 0 Å². The van der Waals surface area contributed by atoms with Crippen LogP contribution in [0.5, 0.6) is 11.8 Å². The van der Waals surface area contributed by atoms with Gasteiger partial charge in [0.15, 0.2) is 0 Å². The molecule has 5 heterocycles. The van der Waals surface area contributed by atoms with Gasteiger partial charge >= 0.3 is 6.61 Å². The number of hydrogen-bond donors (Lipinski definition) is 1. The molecule has 3 aliphatic heterocycles. The summed E-state index contributed by atoms with van der Waals surface area (Å²) < 4.78 is 76.5. The van der Waals surface area contributed by atoms with Gasteiger partial charge in [-0.3, -0.25) is 4.68 Å². The first-order valence-electron chi connectivity index (χ1n) is 13.1. The minimum atomic E-state index is -3.17.